The summed E-state index contributed by atoms with van der Waals surface area (Å²) < 4.78 is 39.4. The van der Waals surface area contributed by atoms with E-state index in [1.807, 2.05) is 26.8 Å². The summed E-state index contributed by atoms with van der Waals surface area (Å²) in [6, 6.07) is 9.83. The number of amides is 1. The van der Waals surface area contributed by atoms with Crippen LogP contribution in [0.4, 0.5) is 13.2 Å². The van der Waals surface area contributed by atoms with Gasteiger partial charge < -0.3 is 5.32 Å². The summed E-state index contributed by atoms with van der Waals surface area (Å²) in [5, 5.41) is 3.11. The average molecular weight is 541 g/mol. The van der Waals surface area contributed by atoms with Crippen molar-refractivity contribution in [2.45, 2.75) is 52.8 Å². The fourth-order valence-electron chi connectivity index (χ4n) is 3.28. The van der Waals surface area contributed by atoms with Crippen molar-refractivity contribution in [1.82, 2.24) is 20.3 Å². The van der Waals surface area contributed by atoms with Crippen molar-refractivity contribution < 1.29 is 18.0 Å². The molecule has 0 atom stereocenters. The molecule has 11 heteroatoms. The van der Waals surface area contributed by atoms with Crippen LogP contribution in [0.5, 0.6) is 0 Å². The summed E-state index contributed by atoms with van der Waals surface area (Å²) in [7, 11) is 0. The molecular formula is C25H25Cl2F3N4O2. The van der Waals surface area contributed by atoms with Crippen molar-refractivity contribution >= 4 is 29.1 Å². The molecule has 0 bridgehead atoms. The largest absolute Gasteiger partial charge is 0.402 e. The number of hydrogen-bond acceptors (Lipinski definition) is 4. The molecule has 2 aromatic carbocycles. The number of carbonyl (C=O) groups is 1. The molecule has 0 unspecified atom stereocenters. The van der Waals surface area contributed by atoms with Crippen molar-refractivity contribution in [3.8, 4) is 22.8 Å². The molecule has 36 heavy (non-hydrogen) atoms. The van der Waals surface area contributed by atoms with Gasteiger partial charge in [-0.25, -0.2) is 9.78 Å². The molecule has 0 saturated heterocycles. The van der Waals surface area contributed by atoms with E-state index in [0.717, 1.165) is 19.4 Å². The Labute approximate surface area is 216 Å². The fourth-order valence-corrected chi connectivity index (χ4v) is 3.88. The maximum atomic E-state index is 13.1. The van der Waals surface area contributed by atoms with Crippen molar-refractivity contribution in [2.75, 3.05) is 0 Å². The van der Waals surface area contributed by atoms with Crippen LogP contribution < -0.4 is 11.0 Å². The summed E-state index contributed by atoms with van der Waals surface area (Å²) in [6.07, 6.45) is -4.70. The van der Waals surface area contributed by atoms with Crippen LogP contribution in [0.1, 0.15) is 45.7 Å². The Morgan fingerprint density at radius 2 is 1.61 bits per heavy atom. The minimum atomic E-state index is -4.70. The van der Waals surface area contributed by atoms with Crippen LogP contribution in [-0.4, -0.2) is 27.0 Å². The summed E-state index contributed by atoms with van der Waals surface area (Å²) in [4.78, 5) is 35.5. The zero-order valence-electron chi connectivity index (χ0n) is 20.3. The lowest BCUT2D eigenvalue weighted by Crippen LogP contribution is -2.46. The minimum absolute atomic E-state index is 0.117. The quantitative estimate of drug-likeness (QED) is 0.397. The second-order valence-electron chi connectivity index (χ2n) is 9.89. The molecule has 0 fully saturated rings. The van der Waals surface area contributed by atoms with Gasteiger partial charge in [-0.3, -0.25) is 9.78 Å². The van der Waals surface area contributed by atoms with Gasteiger partial charge in [0.1, 0.15) is 11.2 Å². The first-order valence-electron chi connectivity index (χ1n) is 10.9. The molecule has 0 radical (unpaired) electrons. The fraction of sp³-hybridized carbons (Fsp3) is 0.360. The zero-order chi connectivity index (χ0) is 27.1. The molecule has 1 heterocycles. The third kappa shape index (κ3) is 5.90. The van der Waals surface area contributed by atoms with Gasteiger partial charge in [-0.05, 0) is 60.7 Å². The van der Waals surface area contributed by atoms with E-state index >= 15 is 0 Å². The lowest BCUT2D eigenvalue weighted by molar-refractivity contribution is -0.211. The minimum Gasteiger partial charge on any atom is -0.351 e. The maximum Gasteiger partial charge on any atom is 0.402 e. The van der Waals surface area contributed by atoms with Crippen molar-refractivity contribution in [3.05, 3.63) is 68.1 Å². The molecule has 3 aromatic rings. The zero-order valence-corrected chi connectivity index (χ0v) is 21.8. The number of aromatic nitrogens is 3. The van der Waals surface area contributed by atoms with E-state index in [2.05, 4.69) is 20.3 Å². The smallest absolute Gasteiger partial charge is 0.351 e. The Morgan fingerprint density at radius 3 is 2.22 bits per heavy atom. The first-order valence-corrected chi connectivity index (χ1v) is 11.7. The number of halogens is 5. The Morgan fingerprint density at radius 1 is 0.972 bits per heavy atom. The summed E-state index contributed by atoms with van der Waals surface area (Å²) >= 11 is 12.7. The normalized spacial score (nSPS) is 12.5. The molecule has 3 rings (SSSR count). The average Bonchev–Trinajstić information content (AvgIpc) is 2.76. The SMILES string of the molecule is CC(C)(C)c1cc(-c2nc(-c3cc(CNC(=O)C(C)(C)C(F)(F)F)ccc3Cl)[nH]c(=O)n2)ccc1Cl. The number of aromatic amines is 1. The van der Waals surface area contributed by atoms with Crippen LogP contribution in [0, 0.1) is 5.41 Å². The molecule has 6 nitrogen and oxygen atoms in total. The number of hydrogen-bond donors (Lipinski definition) is 2. The van der Waals surface area contributed by atoms with Crippen LogP contribution in [0.15, 0.2) is 41.2 Å². The monoisotopic (exact) mass is 540 g/mol. The molecule has 192 valence electrons. The Kier molecular flexibility index (Phi) is 7.58. The van der Waals surface area contributed by atoms with Gasteiger partial charge in [0.05, 0.1) is 5.02 Å². The molecule has 1 aromatic heterocycles. The summed E-state index contributed by atoms with van der Waals surface area (Å²) in [5.41, 5.74) is -1.27. The van der Waals surface area contributed by atoms with Gasteiger partial charge in [0, 0.05) is 22.7 Å². The van der Waals surface area contributed by atoms with E-state index in [9.17, 15) is 22.8 Å². The third-order valence-corrected chi connectivity index (χ3v) is 6.36. The van der Waals surface area contributed by atoms with E-state index in [1.54, 1.807) is 18.2 Å². The number of H-pyrrole nitrogens is 1. The van der Waals surface area contributed by atoms with Gasteiger partial charge in [0.25, 0.3) is 0 Å². The van der Waals surface area contributed by atoms with E-state index in [-0.39, 0.29) is 28.6 Å². The third-order valence-electron chi connectivity index (χ3n) is 5.70. The van der Waals surface area contributed by atoms with E-state index < -0.39 is 23.2 Å². The van der Waals surface area contributed by atoms with Gasteiger partial charge in [-0.15, -0.1) is 0 Å². The Hall–Kier alpha value is -2.91. The molecular weight excluding hydrogens is 516 g/mol. The number of nitrogens with zero attached hydrogens (tertiary/aromatic N) is 2. The number of alkyl halides is 3. The van der Waals surface area contributed by atoms with Crippen LogP contribution in [-0.2, 0) is 16.8 Å². The standard InChI is InChI=1S/C25H25Cl2F3N4O2/c1-23(2,3)16-11-14(7-9-18(16)27)19-32-20(34-22(36)33-19)15-10-13(6-8-17(15)26)12-31-21(35)24(4,5)25(28,29)30/h6-11H,12H2,1-5H3,(H,31,35)(H,32,33,34,36). The molecule has 1 amide bonds. The highest BCUT2D eigenvalue weighted by Gasteiger charge is 2.52. The molecule has 0 saturated carbocycles. The van der Waals surface area contributed by atoms with E-state index in [1.165, 1.54) is 12.1 Å². The number of rotatable bonds is 5. The second-order valence-corrected chi connectivity index (χ2v) is 10.7. The van der Waals surface area contributed by atoms with Gasteiger partial charge in [-0.1, -0.05) is 50.0 Å². The molecule has 0 aliphatic carbocycles. The maximum absolute atomic E-state index is 13.1. The second kappa shape index (κ2) is 9.86. The van der Waals surface area contributed by atoms with Crippen LogP contribution in [0.25, 0.3) is 22.8 Å². The Bertz CT molecular complexity index is 1360. The highest BCUT2D eigenvalue weighted by Crippen LogP contribution is 2.38. The lowest BCUT2D eigenvalue weighted by atomic mass is 9.86. The van der Waals surface area contributed by atoms with Gasteiger partial charge in [0.15, 0.2) is 5.82 Å². The van der Waals surface area contributed by atoms with Crippen LogP contribution >= 0.6 is 23.2 Å². The van der Waals surface area contributed by atoms with E-state index in [0.29, 0.717) is 21.7 Å². The van der Waals surface area contributed by atoms with Gasteiger partial charge >= 0.3 is 11.9 Å². The van der Waals surface area contributed by atoms with Crippen LogP contribution in [0.3, 0.4) is 0 Å². The number of benzene rings is 2. The number of nitrogens with one attached hydrogen (secondary N) is 2. The predicted molar refractivity (Wildman–Crippen MR) is 134 cm³/mol. The van der Waals surface area contributed by atoms with Crippen molar-refractivity contribution in [1.29, 1.82) is 0 Å². The Balaban J connectivity index is 1.96. The summed E-state index contributed by atoms with van der Waals surface area (Å²) in [5.74, 6) is -0.898. The first-order chi connectivity index (χ1) is 16.5. The molecule has 0 aliphatic heterocycles. The van der Waals surface area contributed by atoms with Gasteiger partial charge in [0.2, 0.25) is 5.91 Å². The molecule has 0 aliphatic rings. The van der Waals surface area contributed by atoms with Crippen molar-refractivity contribution in [2.24, 2.45) is 5.41 Å². The van der Waals surface area contributed by atoms with Crippen LogP contribution in [0.2, 0.25) is 10.0 Å². The number of carbonyl (C=O) groups excluding carboxylic acids is 1. The highest BCUT2D eigenvalue weighted by atomic mass is 35.5. The summed E-state index contributed by atoms with van der Waals surface area (Å²) in [6.45, 7) is 7.44. The van der Waals surface area contributed by atoms with Crippen molar-refractivity contribution in [3.63, 3.8) is 0 Å². The lowest BCUT2D eigenvalue weighted by Gasteiger charge is -2.26. The molecule has 2 N–H and O–H groups in total. The predicted octanol–water partition coefficient (Wildman–Crippen LogP) is 6.31. The highest BCUT2D eigenvalue weighted by molar-refractivity contribution is 6.33. The molecule has 0 spiro atoms. The topological polar surface area (TPSA) is 87.7 Å². The first kappa shape index (κ1) is 27.7. The van der Waals surface area contributed by atoms with E-state index in [4.69, 9.17) is 23.2 Å². The van der Waals surface area contributed by atoms with Gasteiger partial charge in [-0.2, -0.15) is 18.2 Å².